The summed E-state index contributed by atoms with van der Waals surface area (Å²) in [6.07, 6.45) is 1.54. The van der Waals surface area contributed by atoms with Gasteiger partial charge in [0.25, 0.3) is 5.91 Å². The van der Waals surface area contributed by atoms with Crippen LogP contribution in [-0.2, 0) is 0 Å². The van der Waals surface area contributed by atoms with E-state index in [9.17, 15) is 9.59 Å². The number of anilines is 2. The van der Waals surface area contributed by atoms with Crippen LogP contribution < -0.4 is 5.32 Å². The minimum atomic E-state index is -0.0835. The molecule has 1 heterocycles. The maximum absolute atomic E-state index is 11.7. The third-order valence-electron chi connectivity index (χ3n) is 2.98. The van der Waals surface area contributed by atoms with Gasteiger partial charge in [0, 0.05) is 31.5 Å². The molecule has 1 N–H and O–H groups in total. The van der Waals surface area contributed by atoms with E-state index in [1.807, 2.05) is 12.1 Å². The second kappa shape index (κ2) is 6.17. The standard InChI is InChI=1S/C16H17N3O2/c1-11(20)12-4-7-14(8-5-12)18-15-9-6-13(10-17-15)16(21)19(2)3/h4-10H,1-3H3,(H,17,18). The summed E-state index contributed by atoms with van der Waals surface area (Å²) < 4.78 is 0. The summed E-state index contributed by atoms with van der Waals surface area (Å²) in [6, 6.07) is 10.6. The maximum Gasteiger partial charge on any atom is 0.254 e. The van der Waals surface area contributed by atoms with E-state index in [2.05, 4.69) is 10.3 Å². The molecule has 2 rings (SSSR count). The molecular formula is C16H17N3O2. The Balaban J connectivity index is 2.09. The molecule has 0 aliphatic rings. The van der Waals surface area contributed by atoms with Gasteiger partial charge < -0.3 is 10.2 Å². The average molecular weight is 283 g/mol. The van der Waals surface area contributed by atoms with Gasteiger partial charge in [-0.3, -0.25) is 9.59 Å². The molecule has 2 aromatic rings. The van der Waals surface area contributed by atoms with Crippen molar-refractivity contribution in [2.24, 2.45) is 0 Å². The van der Waals surface area contributed by atoms with Gasteiger partial charge in [-0.2, -0.15) is 0 Å². The van der Waals surface area contributed by atoms with Gasteiger partial charge in [-0.15, -0.1) is 0 Å². The number of nitrogens with one attached hydrogen (secondary N) is 1. The van der Waals surface area contributed by atoms with Crippen molar-refractivity contribution in [3.63, 3.8) is 0 Å². The largest absolute Gasteiger partial charge is 0.345 e. The minimum Gasteiger partial charge on any atom is -0.345 e. The van der Waals surface area contributed by atoms with E-state index in [0.717, 1.165) is 5.69 Å². The first-order chi connectivity index (χ1) is 9.97. The van der Waals surface area contributed by atoms with Gasteiger partial charge in [0.05, 0.1) is 5.56 Å². The number of Topliss-reactive ketones (excluding diaryl/α,β-unsaturated/α-hetero) is 1. The molecule has 1 aromatic carbocycles. The number of rotatable bonds is 4. The monoisotopic (exact) mass is 283 g/mol. The van der Waals surface area contributed by atoms with Gasteiger partial charge in [-0.1, -0.05) is 0 Å². The summed E-state index contributed by atoms with van der Waals surface area (Å²) in [4.78, 5) is 28.7. The SMILES string of the molecule is CC(=O)c1ccc(Nc2ccc(C(=O)N(C)C)cn2)cc1. The molecular weight excluding hydrogens is 266 g/mol. The zero-order valence-electron chi connectivity index (χ0n) is 12.3. The molecule has 0 unspecified atom stereocenters. The van der Waals surface area contributed by atoms with E-state index in [0.29, 0.717) is 16.9 Å². The van der Waals surface area contributed by atoms with Crippen molar-refractivity contribution in [1.82, 2.24) is 9.88 Å². The zero-order chi connectivity index (χ0) is 15.4. The molecule has 108 valence electrons. The van der Waals surface area contributed by atoms with Crippen LogP contribution in [0.4, 0.5) is 11.5 Å². The number of benzene rings is 1. The highest BCUT2D eigenvalue weighted by atomic mass is 16.2. The van der Waals surface area contributed by atoms with E-state index in [1.54, 1.807) is 38.4 Å². The summed E-state index contributed by atoms with van der Waals surface area (Å²) in [7, 11) is 3.40. The third kappa shape index (κ3) is 3.66. The van der Waals surface area contributed by atoms with Crippen LogP contribution in [0, 0.1) is 0 Å². The number of amides is 1. The van der Waals surface area contributed by atoms with Gasteiger partial charge in [-0.05, 0) is 43.3 Å². The fraction of sp³-hybridized carbons (Fsp3) is 0.188. The van der Waals surface area contributed by atoms with Crippen molar-refractivity contribution in [2.45, 2.75) is 6.92 Å². The van der Waals surface area contributed by atoms with Gasteiger partial charge in [-0.25, -0.2) is 4.98 Å². The van der Waals surface area contributed by atoms with Crippen LogP contribution in [0.3, 0.4) is 0 Å². The molecule has 5 nitrogen and oxygen atoms in total. The molecule has 21 heavy (non-hydrogen) atoms. The van der Waals surface area contributed by atoms with Crippen LogP contribution in [0.5, 0.6) is 0 Å². The van der Waals surface area contributed by atoms with Crippen molar-refractivity contribution >= 4 is 23.2 Å². The van der Waals surface area contributed by atoms with Crippen molar-refractivity contribution in [1.29, 1.82) is 0 Å². The Morgan fingerprint density at radius 1 is 1.00 bits per heavy atom. The molecule has 0 bridgehead atoms. The predicted octanol–water partition coefficient (Wildman–Crippen LogP) is 2.73. The zero-order valence-corrected chi connectivity index (χ0v) is 12.3. The molecule has 1 amide bonds. The Labute approximate surface area is 123 Å². The number of carbonyl (C=O) groups excluding carboxylic acids is 2. The average Bonchev–Trinajstić information content (AvgIpc) is 2.47. The highest BCUT2D eigenvalue weighted by Crippen LogP contribution is 2.16. The lowest BCUT2D eigenvalue weighted by Gasteiger charge is -2.10. The van der Waals surface area contributed by atoms with Crippen molar-refractivity contribution in [3.05, 3.63) is 53.7 Å². The quantitative estimate of drug-likeness (QED) is 0.876. The molecule has 0 atom stereocenters. The lowest BCUT2D eigenvalue weighted by molar-refractivity contribution is 0.0827. The van der Waals surface area contributed by atoms with E-state index in [1.165, 1.54) is 18.0 Å². The number of hydrogen-bond donors (Lipinski definition) is 1. The summed E-state index contributed by atoms with van der Waals surface area (Å²) in [5, 5.41) is 3.12. The number of hydrogen-bond acceptors (Lipinski definition) is 4. The molecule has 0 saturated heterocycles. The fourth-order valence-corrected chi connectivity index (χ4v) is 1.79. The summed E-state index contributed by atoms with van der Waals surface area (Å²) in [5.41, 5.74) is 2.04. The highest BCUT2D eigenvalue weighted by molar-refractivity contribution is 5.94. The normalized spacial score (nSPS) is 10.0. The lowest BCUT2D eigenvalue weighted by atomic mass is 10.1. The molecule has 0 aliphatic carbocycles. The Hall–Kier alpha value is -2.69. The third-order valence-corrected chi connectivity index (χ3v) is 2.98. The Morgan fingerprint density at radius 3 is 2.10 bits per heavy atom. The number of nitrogens with zero attached hydrogens (tertiary/aromatic N) is 2. The summed E-state index contributed by atoms with van der Waals surface area (Å²) in [6.45, 7) is 1.53. The van der Waals surface area contributed by atoms with Crippen LogP contribution in [0.25, 0.3) is 0 Å². The van der Waals surface area contributed by atoms with E-state index < -0.39 is 0 Å². The smallest absolute Gasteiger partial charge is 0.254 e. The van der Waals surface area contributed by atoms with E-state index in [4.69, 9.17) is 0 Å². The van der Waals surface area contributed by atoms with Crippen LogP contribution in [0.1, 0.15) is 27.6 Å². The topological polar surface area (TPSA) is 62.3 Å². The second-order valence-electron chi connectivity index (χ2n) is 4.89. The summed E-state index contributed by atoms with van der Waals surface area (Å²) >= 11 is 0. The van der Waals surface area contributed by atoms with Gasteiger partial charge in [0.2, 0.25) is 0 Å². The minimum absolute atomic E-state index is 0.0335. The van der Waals surface area contributed by atoms with E-state index in [-0.39, 0.29) is 11.7 Å². The molecule has 0 aliphatic heterocycles. The predicted molar refractivity (Wildman–Crippen MR) is 82.0 cm³/mol. The molecule has 0 spiro atoms. The lowest BCUT2D eigenvalue weighted by Crippen LogP contribution is -2.21. The fourth-order valence-electron chi connectivity index (χ4n) is 1.79. The second-order valence-corrected chi connectivity index (χ2v) is 4.89. The van der Waals surface area contributed by atoms with Crippen LogP contribution >= 0.6 is 0 Å². The van der Waals surface area contributed by atoms with Crippen molar-refractivity contribution in [3.8, 4) is 0 Å². The first-order valence-electron chi connectivity index (χ1n) is 6.53. The highest BCUT2D eigenvalue weighted by Gasteiger charge is 2.08. The molecule has 5 heteroatoms. The molecule has 0 saturated carbocycles. The van der Waals surface area contributed by atoms with Crippen molar-refractivity contribution in [2.75, 3.05) is 19.4 Å². The first-order valence-corrected chi connectivity index (χ1v) is 6.53. The van der Waals surface area contributed by atoms with Crippen LogP contribution in [0.15, 0.2) is 42.6 Å². The Kier molecular flexibility index (Phi) is 4.33. The maximum atomic E-state index is 11.7. The summed E-state index contributed by atoms with van der Waals surface area (Å²) in [5.74, 6) is 0.590. The van der Waals surface area contributed by atoms with Gasteiger partial charge in [0.1, 0.15) is 5.82 Å². The Morgan fingerprint density at radius 2 is 1.62 bits per heavy atom. The number of pyridine rings is 1. The number of ketones is 1. The Bertz CT molecular complexity index is 646. The number of aromatic nitrogens is 1. The van der Waals surface area contributed by atoms with Crippen LogP contribution in [-0.4, -0.2) is 35.7 Å². The van der Waals surface area contributed by atoms with Crippen molar-refractivity contribution < 1.29 is 9.59 Å². The van der Waals surface area contributed by atoms with Gasteiger partial charge in [0.15, 0.2) is 5.78 Å². The van der Waals surface area contributed by atoms with Gasteiger partial charge >= 0.3 is 0 Å². The van der Waals surface area contributed by atoms with E-state index >= 15 is 0 Å². The molecule has 0 radical (unpaired) electrons. The molecule has 0 fully saturated rings. The number of carbonyl (C=O) groups is 2. The van der Waals surface area contributed by atoms with Crippen LogP contribution in [0.2, 0.25) is 0 Å². The molecule has 1 aromatic heterocycles. The first kappa shape index (κ1) is 14.7.